The SMILES string of the molecule is OC(CCC1CC1)c1cc(Br)ccc1F. The minimum absolute atomic E-state index is 0.318. The van der Waals surface area contributed by atoms with Gasteiger partial charge in [-0.2, -0.15) is 0 Å². The maximum Gasteiger partial charge on any atom is 0.129 e. The molecule has 82 valence electrons. The second-order valence-corrected chi connectivity index (χ2v) is 5.12. The summed E-state index contributed by atoms with van der Waals surface area (Å²) in [5, 5.41) is 9.84. The number of aliphatic hydroxyl groups is 1. The van der Waals surface area contributed by atoms with E-state index in [9.17, 15) is 9.50 Å². The molecule has 1 atom stereocenters. The molecule has 15 heavy (non-hydrogen) atoms. The molecular weight excluding hydrogens is 259 g/mol. The lowest BCUT2D eigenvalue weighted by molar-refractivity contribution is 0.158. The number of halogens is 2. The van der Waals surface area contributed by atoms with Gasteiger partial charge >= 0.3 is 0 Å². The lowest BCUT2D eigenvalue weighted by Gasteiger charge is -2.11. The summed E-state index contributed by atoms with van der Waals surface area (Å²) in [5.41, 5.74) is 0.407. The molecule has 1 fully saturated rings. The van der Waals surface area contributed by atoms with Crippen LogP contribution in [-0.4, -0.2) is 5.11 Å². The van der Waals surface area contributed by atoms with Crippen LogP contribution in [0.5, 0.6) is 0 Å². The highest BCUT2D eigenvalue weighted by atomic mass is 79.9. The summed E-state index contributed by atoms with van der Waals surface area (Å²) in [6.45, 7) is 0. The van der Waals surface area contributed by atoms with Gasteiger partial charge in [0.25, 0.3) is 0 Å². The van der Waals surface area contributed by atoms with Crippen molar-refractivity contribution in [2.45, 2.75) is 31.8 Å². The van der Waals surface area contributed by atoms with Crippen LogP contribution in [0.2, 0.25) is 0 Å². The third-order valence-corrected chi connectivity index (χ3v) is 3.36. The molecule has 3 heteroatoms. The van der Waals surface area contributed by atoms with E-state index in [1.54, 1.807) is 12.1 Å². The van der Waals surface area contributed by atoms with Crippen LogP contribution < -0.4 is 0 Å². The second-order valence-electron chi connectivity index (χ2n) is 4.20. The van der Waals surface area contributed by atoms with Gasteiger partial charge in [0.15, 0.2) is 0 Å². The molecule has 2 rings (SSSR count). The molecule has 1 aromatic carbocycles. The van der Waals surface area contributed by atoms with E-state index < -0.39 is 6.10 Å². The summed E-state index contributed by atoms with van der Waals surface area (Å²) in [5.74, 6) is 0.455. The summed E-state index contributed by atoms with van der Waals surface area (Å²) in [6.07, 6.45) is 3.55. The molecule has 0 saturated heterocycles. The van der Waals surface area contributed by atoms with Crippen molar-refractivity contribution in [2.24, 2.45) is 5.92 Å². The number of hydrogen-bond donors (Lipinski definition) is 1. The van der Waals surface area contributed by atoms with E-state index in [4.69, 9.17) is 0 Å². The quantitative estimate of drug-likeness (QED) is 0.884. The van der Waals surface area contributed by atoms with Gasteiger partial charge in [0.2, 0.25) is 0 Å². The van der Waals surface area contributed by atoms with Crippen molar-refractivity contribution in [2.75, 3.05) is 0 Å². The number of aliphatic hydroxyl groups excluding tert-OH is 1. The molecule has 1 aliphatic carbocycles. The third kappa shape index (κ3) is 3.02. The molecule has 0 aromatic heterocycles. The monoisotopic (exact) mass is 272 g/mol. The molecular formula is C12H14BrFO. The van der Waals surface area contributed by atoms with Crippen molar-refractivity contribution in [1.29, 1.82) is 0 Å². The van der Waals surface area contributed by atoms with Crippen molar-refractivity contribution in [3.8, 4) is 0 Å². The summed E-state index contributed by atoms with van der Waals surface area (Å²) < 4.78 is 14.2. The number of hydrogen-bond acceptors (Lipinski definition) is 1. The molecule has 0 spiro atoms. The van der Waals surface area contributed by atoms with Gasteiger partial charge in [0.05, 0.1) is 6.10 Å². The summed E-state index contributed by atoms with van der Waals surface area (Å²) in [7, 11) is 0. The fraction of sp³-hybridized carbons (Fsp3) is 0.500. The minimum Gasteiger partial charge on any atom is -0.388 e. The molecule has 0 bridgehead atoms. The maximum absolute atomic E-state index is 13.4. The number of rotatable bonds is 4. The topological polar surface area (TPSA) is 20.2 Å². The highest BCUT2D eigenvalue weighted by Gasteiger charge is 2.23. The van der Waals surface area contributed by atoms with Crippen molar-refractivity contribution >= 4 is 15.9 Å². The molecule has 0 aliphatic heterocycles. The first-order chi connectivity index (χ1) is 7.16. The molecule has 1 N–H and O–H groups in total. The van der Waals surface area contributed by atoms with E-state index in [2.05, 4.69) is 15.9 Å². The maximum atomic E-state index is 13.4. The summed E-state index contributed by atoms with van der Waals surface area (Å²) >= 11 is 3.28. The van der Waals surface area contributed by atoms with Crippen LogP contribution in [0.1, 0.15) is 37.4 Å². The highest BCUT2D eigenvalue weighted by Crippen LogP contribution is 2.36. The molecule has 1 aromatic rings. The van der Waals surface area contributed by atoms with E-state index in [-0.39, 0.29) is 5.82 Å². The predicted molar refractivity (Wildman–Crippen MR) is 61.0 cm³/mol. The second kappa shape index (κ2) is 4.62. The van der Waals surface area contributed by atoms with Crippen LogP contribution in [0.25, 0.3) is 0 Å². The van der Waals surface area contributed by atoms with Gasteiger partial charge in [0, 0.05) is 10.0 Å². The molecule has 1 unspecified atom stereocenters. The highest BCUT2D eigenvalue weighted by molar-refractivity contribution is 9.10. The van der Waals surface area contributed by atoms with E-state index in [0.717, 1.165) is 16.8 Å². The van der Waals surface area contributed by atoms with Gasteiger partial charge in [0.1, 0.15) is 5.82 Å². The Bertz CT molecular complexity index is 349. The smallest absolute Gasteiger partial charge is 0.129 e. The van der Waals surface area contributed by atoms with Crippen LogP contribution in [0.4, 0.5) is 4.39 Å². The Morgan fingerprint density at radius 3 is 2.87 bits per heavy atom. The Morgan fingerprint density at radius 2 is 2.20 bits per heavy atom. The zero-order valence-electron chi connectivity index (χ0n) is 8.42. The predicted octanol–water partition coefficient (Wildman–Crippen LogP) is 3.81. The Morgan fingerprint density at radius 1 is 1.47 bits per heavy atom. The van der Waals surface area contributed by atoms with Gasteiger partial charge in [-0.25, -0.2) is 4.39 Å². The largest absolute Gasteiger partial charge is 0.388 e. The van der Waals surface area contributed by atoms with Gasteiger partial charge in [-0.3, -0.25) is 0 Å². The molecule has 1 aliphatic rings. The molecule has 0 amide bonds. The lowest BCUT2D eigenvalue weighted by atomic mass is 10.0. The van der Waals surface area contributed by atoms with E-state index in [1.165, 1.54) is 18.9 Å². The van der Waals surface area contributed by atoms with Crippen LogP contribution >= 0.6 is 15.9 Å². The fourth-order valence-corrected chi connectivity index (χ4v) is 2.10. The van der Waals surface area contributed by atoms with Crippen LogP contribution in [0.3, 0.4) is 0 Å². The van der Waals surface area contributed by atoms with E-state index in [1.807, 2.05) is 0 Å². The Hall–Kier alpha value is -0.410. The van der Waals surface area contributed by atoms with Crippen molar-refractivity contribution in [3.63, 3.8) is 0 Å². The van der Waals surface area contributed by atoms with Crippen LogP contribution in [-0.2, 0) is 0 Å². The zero-order valence-corrected chi connectivity index (χ0v) is 10.0. The average molecular weight is 273 g/mol. The van der Waals surface area contributed by atoms with Crippen molar-refractivity contribution < 1.29 is 9.50 Å². The Labute approximate surface area is 97.4 Å². The Balaban J connectivity index is 2.02. The van der Waals surface area contributed by atoms with Crippen molar-refractivity contribution in [1.82, 2.24) is 0 Å². The van der Waals surface area contributed by atoms with Crippen LogP contribution in [0.15, 0.2) is 22.7 Å². The van der Waals surface area contributed by atoms with E-state index in [0.29, 0.717) is 12.0 Å². The first kappa shape index (κ1) is 11.1. The molecule has 0 radical (unpaired) electrons. The summed E-state index contributed by atoms with van der Waals surface area (Å²) in [6, 6.07) is 4.69. The number of benzene rings is 1. The van der Waals surface area contributed by atoms with Gasteiger partial charge in [-0.1, -0.05) is 28.8 Å². The summed E-state index contributed by atoms with van der Waals surface area (Å²) in [4.78, 5) is 0. The van der Waals surface area contributed by atoms with Crippen LogP contribution in [0, 0.1) is 11.7 Å². The minimum atomic E-state index is -0.664. The zero-order chi connectivity index (χ0) is 10.8. The first-order valence-corrected chi connectivity index (χ1v) is 6.09. The third-order valence-electron chi connectivity index (χ3n) is 2.86. The molecule has 1 saturated carbocycles. The van der Waals surface area contributed by atoms with Gasteiger partial charge < -0.3 is 5.11 Å². The fourth-order valence-electron chi connectivity index (χ4n) is 1.73. The first-order valence-electron chi connectivity index (χ1n) is 5.30. The standard InChI is InChI=1S/C12H14BrFO/c13-9-4-5-11(14)10(7-9)12(15)6-3-8-1-2-8/h4-5,7-8,12,15H,1-3,6H2. The van der Waals surface area contributed by atoms with Gasteiger partial charge in [-0.15, -0.1) is 0 Å². The average Bonchev–Trinajstić information content (AvgIpc) is 3.02. The molecule has 0 heterocycles. The Kier molecular flexibility index (Phi) is 3.42. The van der Waals surface area contributed by atoms with Gasteiger partial charge in [-0.05, 0) is 37.0 Å². The molecule has 1 nitrogen and oxygen atoms in total. The van der Waals surface area contributed by atoms with Crippen molar-refractivity contribution in [3.05, 3.63) is 34.1 Å². The lowest BCUT2D eigenvalue weighted by Crippen LogP contribution is -2.01. The van der Waals surface area contributed by atoms with E-state index >= 15 is 0 Å². The normalized spacial score (nSPS) is 17.8.